The average Bonchev–Trinajstić information content (AvgIpc) is 2.28. The largest absolute Gasteiger partial charge is 0.276 e. The molecule has 4 nitrogen and oxygen atoms in total. The van der Waals surface area contributed by atoms with Gasteiger partial charge in [-0.2, -0.15) is 13.5 Å². The minimum atomic E-state index is -3.57. The van der Waals surface area contributed by atoms with Gasteiger partial charge in [-0.15, -0.1) is 0 Å². The van der Waals surface area contributed by atoms with Crippen LogP contribution in [0, 0.1) is 18.3 Å². The van der Waals surface area contributed by atoms with Gasteiger partial charge < -0.3 is 0 Å². The molecule has 106 valence electrons. The lowest BCUT2D eigenvalue weighted by Crippen LogP contribution is -2.24. The topological polar surface area (TPSA) is 58.5 Å². The molecule has 0 atom stereocenters. The Labute approximate surface area is 116 Å². The second kappa shape index (κ2) is 5.74. The Morgan fingerprint density at radius 2 is 1.74 bits per heavy atom. The van der Waals surface area contributed by atoms with Crippen LogP contribution in [0.1, 0.15) is 33.3 Å². The molecule has 0 amide bonds. The predicted molar refractivity (Wildman–Crippen MR) is 78.6 cm³/mol. The highest BCUT2D eigenvalue weighted by atomic mass is 32.2. The van der Waals surface area contributed by atoms with Crippen LogP contribution in [0.4, 0.5) is 0 Å². The first-order chi connectivity index (χ1) is 8.65. The van der Waals surface area contributed by atoms with Gasteiger partial charge in [0, 0.05) is 11.6 Å². The van der Waals surface area contributed by atoms with E-state index in [-0.39, 0.29) is 10.3 Å². The molecule has 0 fully saturated rings. The molecular formula is C14H22N2O2S. The molecule has 1 aromatic carbocycles. The lowest BCUT2D eigenvalue weighted by molar-refractivity contribution is 0.372. The summed E-state index contributed by atoms with van der Waals surface area (Å²) in [4.78, 5) is 2.47. The van der Waals surface area contributed by atoms with Gasteiger partial charge in [-0.1, -0.05) is 45.4 Å². The van der Waals surface area contributed by atoms with Crippen molar-refractivity contribution in [1.29, 1.82) is 0 Å². The quantitative estimate of drug-likeness (QED) is 0.667. The Morgan fingerprint density at radius 3 is 2.21 bits per heavy atom. The molecule has 0 spiro atoms. The van der Waals surface area contributed by atoms with Crippen molar-refractivity contribution in [3.8, 4) is 0 Å². The Hall–Kier alpha value is -1.36. The predicted octanol–water partition coefficient (Wildman–Crippen LogP) is 2.94. The third-order valence-corrected chi connectivity index (χ3v) is 4.63. The number of hydrazone groups is 1. The Balaban J connectivity index is 2.82. The molecule has 0 saturated carbocycles. The molecule has 0 heterocycles. The summed E-state index contributed by atoms with van der Waals surface area (Å²) in [6.07, 6.45) is 1.64. The van der Waals surface area contributed by atoms with Crippen molar-refractivity contribution in [2.24, 2.45) is 16.4 Å². The highest BCUT2D eigenvalue weighted by Crippen LogP contribution is 2.23. The SMILES string of the molecule is Cc1ccc(S(=O)(=O)NN=CC(C)(C)C(C)C)cc1. The van der Waals surface area contributed by atoms with Gasteiger partial charge in [0.05, 0.1) is 4.90 Å². The van der Waals surface area contributed by atoms with E-state index in [1.54, 1.807) is 30.5 Å². The summed E-state index contributed by atoms with van der Waals surface area (Å²) in [6.45, 7) is 10.1. The molecule has 1 aromatic rings. The number of benzene rings is 1. The van der Waals surface area contributed by atoms with Crippen molar-refractivity contribution in [2.75, 3.05) is 0 Å². The maximum Gasteiger partial charge on any atom is 0.276 e. The molecule has 0 aliphatic carbocycles. The van der Waals surface area contributed by atoms with E-state index in [1.165, 1.54) is 0 Å². The summed E-state index contributed by atoms with van der Waals surface area (Å²) in [5.74, 6) is 0.375. The number of aryl methyl sites for hydroxylation is 1. The van der Waals surface area contributed by atoms with E-state index in [9.17, 15) is 8.42 Å². The standard InChI is InChI=1S/C14H22N2O2S/c1-11(2)14(4,5)10-15-16-19(17,18)13-8-6-12(3)7-9-13/h6-11,16H,1-5H3. The molecule has 19 heavy (non-hydrogen) atoms. The Kier molecular flexibility index (Phi) is 4.74. The van der Waals surface area contributed by atoms with Crippen LogP contribution >= 0.6 is 0 Å². The first-order valence-corrected chi connectivity index (χ1v) is 7.76. The van der Waals surface area contributed by atoms with E-state index in [4.69, 9.17) is 0 Å². The molecule has 1 N–H and O–H groups in total. The maximum absolute atomic E-state index is 12.0. The van der Waals surface area contributed by atoms with Crippen LogP contribution in [0.2, 0.25) is 0 Å². The minimum Gasteiger partial charge on any atom is -0.200 e. The summed E-state index contributed by atoms with van der Waals surface area (Å²) in [5, 5.41) is 3.87. The number of sulfonamides is 1. The van der Waals surface area contributed by atoms with Gasteiger partial charge in [0.2, 0.25) is 0 Å². The molecule has 5 heteroatoms. The average molecular weight is 282 g/mol. The van der Waals surface area contributed by atoms with Crippen LogP contribution < -0.4 is 4.83 Å². The number of nitrogens with zero attached hydrogens (tertiary/aromatic N) is 1. The molecule has 0 aliphatic rings. The summed E-state index contributed by atoms with van der Waals surface area (Å²) in [6, 6.07) is 6.66. The van der Waals surface area contributed by atoms with Crippen LogP contribution in [0.25, 0.3) is 0 Å². The lowest BCUT2D eigenvalue weighted by atomic mass is 9.83. The first kappa shape index (κ1) is 15.7. The van der Waals surface area contributed by atoms with Crippen molar-refractivity contribution in [2.45, 2.75) is 39.5 Å². The van der Waals surface area contributed by atoms with E-state index in [2.05, 4.69) is 23.8 Å². The van der Waals surface area contributed by atoms with Gasteiger partial charge >= 0.3 is 0 Å². The molecular weight excluding hydrogens is 260 g/mol. The zero-order valence-electron chi connectivity index (χ0n) is 12.1. The van der Waals surface area contributed by atoms with Crippen molar-refractivity contribution < 1.29 is 8.42 Å². The maximum atomic E-state index is 12.0. The molecule has 0 bridgehead atoms. The van der Waals surface area contributed by atoms with E-state index in [0.717, 1.165) is 5.56 Å². The van der Waals surface area contributed by atoms with Crippen LogP contribution in [0.3, 0.4) is 0 Å². The van der Waals surface area contributed by atoms with Gasteiger partial charge in [0.1, 0.15) is 0 Å². The second-order valence-corrected chi connectivity index (χ2v) is 7.30. The van der Waals surface area contributed by atoms with Gasteiger partial charge in [0.15, 0.2) is 0 Å². The molecule has 0 aliphatic heterocycles. The fourth-order valence-corrected chi connectivity index (χ4v) is 1.97. The van der Waals surface area contributed by atoms with Crippen molar-refractivity contribution in [1.82, 2.24) is 4.83 Å². The molecule has 1 rings (SSSR count). The molecule has 0 saturated heterocycles. The monoisotopic (exact) mass is 282 g/mol. The molecule has 0 radical (unpaired) electrons. The Morgan fingerprint density at radius 1 is 1.21 bits per heavy atom. The fourth-order valence-electron chi connectivity index (χ4n) is 1.18. The number of rotatable bonds is 5. The van der Waals surface area contributed by atoms with E-state index < -0.39 is 10.0 Å². The zero-order valence-corrected chi connectivity index (χ0v) is 13.0. The molecule has 0 unspecified atom stereocenters. The number of hydrogen-bond acceptors (Lipinski definition) is 3. The Bertz CT molecular complexity index is 543. The minimum absolute atomic E-state index is 0.157. The first-order valence-electron chi connectivity index (χ1n) is 6.28. The third-order valence-electron chi connectivity index (χ3n) is 3.39. The summed E-state index contributed by atoms with van der Waals surface area (Å²) in [5.41, 5.74) is 0.860. The van der Waals surface area contributed by atoms with Crippen molar-refractivity contribution in [3.05, 3.63) is 29.8 Å². The lowest BCUT2D eigenvalue weighted by Gasteiger charge is -2.23. The summed E-state index contributed by atoms with van der Waals surface area (Å²) in [7, 11) is -3.57. The highest BCUT2D eigenvalue weighted by molar-refractivity contribution is 7.89. The van der Waals surface area contributed by atoms with Crippen LogP contribution in [-0.4, -0.2) is 14.6 Å². The highest BCUT2D eigenvalue weighted by Gasteiger charge is 2.20. The normalized spacial score (nSPS) is 13.2. The van der Waals surface area contributed by atoms with E-state index in [1.807, 2.05) is 20.8 Å². The molecule has 0 aromatic heterocycles. The summed E-state index contributed by atoms with van der Waals surface area (Å²) >= 11 is 0. The van der Waals surface area contributed by atoms with E-state index in [0.29, 0.717) is 5.92 Å². The fraction of sp³-hybridized carbons (Fsp3) is 0.500. The second-order valence-electron chi connectivity index (χ2n) is 5.64. The van der Waals surface area contributed by atoms with Gasteiger partial charge in [-0.25, -0.2) is 4.83 Å². The van der Waals surface area contributed by atoms with Crippen LogP contribution in [0.15, 0.2) is 34.3 Å². The van der Waals surface area contributed by atoms with Crippen LogP contribution in [0.5, 0.6) is 0 Å². The van der Waals surface area contributed by atoms with Crippen molar-refractivity contribution >= 4 is 16.2 Å². The van der Waals surface area contributed by atoms with Gasteiger partial charge in [-0.3, -0.25) is 0 Å². The van der Waals surface area contributed by atoms with Crippen molar-refractivity contribution in [3.63, 3.8) is 0 Å². The van der Waals surface area contributed by atoms with E-state index >= 15 is 0 Å². The number of nitrogens with one attached hydrogen (secondary N) is 1. The zero-order chi connectivity index (χ0) is 14.7. The number of hydrogen-bond donors (Lipinski definition) is 1. The van der Waals surface area contributed by atoms with Gasteiger partial charge in [0.25, 0.3) is 10.0 Å². The summed E-state index contributed by atoms with van der Waals surface area (Å²) < 4.78 is 23.9. The van der Waals surface area contributed by atoms with Gasteiger partial charge in [-0.05, 0) is 25.0 Å². The third kappa shape index (κ3) is 4.35. The van der Waals surface area contributed by atoms with Crippen LogP contribution in [-0.2, 0) is 10.0 Å². The smallest absolute Gasteiger partial charge is 0.200 e.